The number of hydrogen-bond acceptors (Lipinski definition) is 3. The number of hydroxylamine groups is 1. The second kappa shape index (κ2) is 5.09. The van der Waals surface area contributed by atoms with Crippen molar-refractivity contribution in [2.75, 3.05) is 6.61 Å². The Morgan fingerprint density at radius 1 is 1.55 bits per heavy atom. The first-order chi connectivity index (χ1) is 5.11. The summed E-state index contributed by atoms with van der Waals surface area (Å²) >= 11 is 0. The molecule has 0 bridgehead atoms. The van der Waals surface area contributed by atoms with Gasteiger partial charge in [0.15, 0.2) is 0 Å². The van der Waals surface area contributed by atoms with Crippen molar-refractivity contribution in [3.8, 4) is 0 Å². The predicted molar refractivity (Wildman–Crippen MR) is 40.0 cm³/mol. The van der Waals surface area contributed by atoms with Crippen LogP contribution in [0.1, 0.15) is 20.3 Å². The van der Waals surface area contributed by atoms with Gasteiger partial charge >= 0.3 is 0 Å². The van der Waals surface area contributed by atoms with E-state index < -0.39 is 5.91 Å². The standard InChI is InChI=1S/C7H15NO3/c1-5(4-9)3-6(2)7(10)8-11/h5-6,9,11H,3-4H2,1-2H3,(H,8,10). The van der Waals surface area contributed by atoms with Gasteiger partial charge in [-0.1, -0.05) is 13.8 Å². The van der Waals surface area contributed by atoms with E-state index in [0.29, 0.717) is 6.42 Å². The van der Waals surface area contributed by atoms with E-state index >= 15 is 0 Å². The highest BCUT2D eigenvalue weighted by Crippen LogP contribution is 2.10. The minimum absolute atomic E-state index is 0.0725. The van der Waals surface area contributed by atoms with E-state index in [2.05, 4.69) is 0 Å². The third-order valence-electron chi connectivity index (χ3n) is 1.63. The normalized spacial score (nSPS) is 15.6. The van der Waals surface area contributed by atoms with Crippen molar-refractivity contribution < 1.29 is 15.1 Å². The Morgan fingerprint density at radius 2 is 2.09 bits per heavy atom. The average molecular weight is 161 g/mol. The van der Waals surface area contributed by atoms with Gasteiger partial charge in [-0.15, -0.1) is 0 Å². The Balaban J connectivity index is 3.67. The van der Waals surface area contributed by atoms with Crippen molar-refractivity contribution in [3.05, 3.63) is 0 Å². The largest absolute Gasteiger partial charge is 0.396 e. The van der Waals surface area contributed by atoms with Crippen LogP contribution in [-0.2, 0) is 4.79 Å². The number of carbonyl (C=O) groups excluding carboxylic acids is 1. The summed E-state index contributed by atoms with van der Waals surface area (Å²) in [5.41, 5.74) is 1.57. The number of carbonyl (C=O) groups is 1. The van der Waals surface area contributed by atoms with Gasteiger partial charge in [-0.3, -0.25) is 10.0 Å². The Labute approximate surface area is 66.2 Å². The van der Waals surface area contributed by atoms with Gasteiger partial charge in [-0.2, -0.15) is 0 Å². The van der Waals surface area contributed by atoms with Crippen LogP contribution in [0, 0.1) is 11.8 Å². The molecular weight excluding hydrogens is 146 g/mol. The molecule has 0 saturated heterocycles. The summed E-state index contributed by atoms with van der Waals surface area (Å²) < 4.78 is 0. The van der Waals surface area contributed by atoms with Crippen molar-refractivity contribution in [1.29, 1.82) is 0 Å². The molecule has 4 nitrogen and oxygen atoms in total. The molecule has 0 radical (unpaired) electrons. The summed E-state index contributed by atoms with van der Waals surface area (Å²) in [5.74, 6) is -0.547. The van der Waals surface area contributed by atoms with E-state index in [4.69, 9.17) is 10.3 Å². The maximum atomic E-state index is 10.7. The number of amides is 1. The summed E-state index contributed by atoms with van der Waals surface area (Å²) in [6.07, 6.45) is 0.586. The van der Waals surface area contributed by atoms with Crippen LogP contribution >= 0.6 is 0 Å². The topological polar surface area (TPSA) is 69.6 Å². The van der Waals surface area contributed by atoms with Crippen molar-refractivity contribution in [2.45, 2.75) is 20.3 Å². The molecule has 0 aromatic heterocycles. The molecule has 1 amide bonds. The quantitative estimate of drug-likeness (QED) is 0.406. The highest BCUT2D eigenvalue weighted by atomic mass is 16.5. The smallest absolute Gasteiger partial charge is 0.246 e. The zero-order chi connectivity index (χ0) is 8.85. The SMILES string of the molecule is CC(CO)CC(C)C(=O)NO. The van der Waals surface area contributed by atoms with Gasteiger partial charge in [0.05, 0.1) is 0 Å². The van der Waals surface area contributed by atoms with Crippen LogP contribution in [0.25, 0.3) is 0 Å². The van der Waals surface area contributed by atoms with Gasteiger partial charge in [0.2, 0.25) is 5.91 Å². The van der Waals surface area contributed by atoms with Crippen LogP contribution in [0.15, 0.2) is 0 Å². The first-order valence-corrected chi connectivity index (χ1v) is 3.66. The fraction of sp³-hybridized carbons (Fsp3) is 0.857. The Morgan fingerprint density at radius 3 is 2.45 bits per heavy atom. The number of rotatable bonds is 4. The van der Waals surface area contributed by atoms with Gasteiger partial charge in [-0.25, -0.2) is 5.48 Å². The fourth-order valence-corrected chi connectivity index (χ4v) is 0.895. The molecule has 2 unspecified atom stereocenters. The molecule has 66 valence electrons. The molecule has 3 N–H and O–H groups in total. The monoisotopic (exact) mass is 161 g/mol. The molecule has 0 aromatic rings. The predicted octanol–water partition coefficient (Wildman–Crippen LogP) is 0.146. The number of aliphatic hydroxyl groups excluding tert-OH is 1. The highest BCUT2D eigenvalue weighted by molar-refractivity contribution is 5.76. The molecule has 11 heavy (non-hydrogen) atoms. The molecule has 0 heterocycles. The summed E-state index contributed by atoms with van der Waals surface area (Å²) in [6.45, 7) is 3.63. The summed E-state index contributed by atoms with van der Waals surface area (Å²) in [7, 11) is 0. The van der Waals surface area contributed by atoms with E-state index in [-0.39, 0.29) is 18.4 Å². The number of nitrogens with one attached hydrogen (secondary N) is 1. The van der Waals surface area contributed by atoms with E-state index in [9.17, 15) is 4.79 Å². The van der Waals surface area contributed by atoms with Crippen LogP contribution in [0.5, 0.6) is 0 Å². The maximum Gasteiger partial charge on any atom is 0.246 e. The zero-order valence-corrected chi connectivity index (χ0v) is 6.87. The molecule has 0 aliphatic carbocycles. The first kappa shape index (κ1) is 10.4. The second-order valence-corrected chi connectivity index (χ2v) is 2.90. The molecule has 2 atom stereocenters. The first-order valence-electron chi connectivity index (χ1n) is 3.66. The molecule has 0 spiro atoms. The molecular formula is C7H15NO3. The zero-order valence-electron chi connectivity index (χ0n) is 6.87. The Hall–Kier alpha value is -0.610. The second-order valence-electron chi connectivity index (χ2n) is 2.90. The lowest BCUT2D eigenvalue weighted by Gasteiger charge is -2.12. The van der Waals surface area contributed by atoms with Gasteiger partial charge in [0.1, 0.15) is 0 Å². The summed E-state index contributed by atoms with van der Waals surface area (Å²) in [6, 6.07) is 0. The lowest BCUT2D eigenvalue weighted by Crippen LogP contribution is -2.27. The van der Waals surface area contributed by atoms with Crippen molar-refractivity contribution in [3.63, 3.8) is 0 Å². The van der Waals surface area contributed by atoms with E-state index in [1.807, 2.05) is 6.92 Å². The van der Waals surface area contributed by atoms with Gasteiger partial charge in [0.25, 0.3) is 0 Å². The minimum atomic E-state index is -0.398. The third kappa shape index (κ3) is 3.95. The van der Waals surface area contributed by atoms with Crippen LogP contribution in [-0.4, -0.2) is 22.8 Å². The van der Waals surface area contributed by atoms with Crippen LogP contribution < -0.4 is 5.48 Å². The van der Waals surface area contributed by atoms with E-state index in [1.165, 1.54) is 0 Å². The molecule has 4 heteroatoms. The van der Waals surface area contributed by atoms with Gasteiger partial charge < -0.3 is 5.11 Å². The van der Waals surface area contributed by atoms with Gasteiger partial charge in [0, 0.05) is 12.5 Å². The van der Waals surface area contributed by atoms with Crippen LogP contribution in [0.2, 0.25) is 0 Å². The lowest BCUT2D eigenvalue weighted by atomic mass is 9.98. The Kier molecular flexibility index (Phi) is 4.81. The van der Waals surface area contributed by atoms with Crippen molar-refractivity contribution in [2.24, 2.45) is 11.8 Å². The minimum Gasteiger partial charge on any atom is -0.396 e. The lowest BCUT2D eigenvalue weighted by molar-refractivity contribution is -0.133. The van der Waals surface area contributed by atoms with Crippen molar-refractivity contribution >= 4 is 5.91 Å². The highest BCUT2D eigenvalue weighted by Gasteiger charge is 2.14. The van der Waals surface area contributed by atoms with E-state index in [0.717, 1.165) is 0 Å². The van der Waals surface area contributed by atoms with Crippen molar-refractivity contribution in [1.82, 2.24) is 5.48 Å². The van der Waals surface area contributed by atoms with Crippen LogP contribution in [0.3, 0.4) is 0 Å². The maximum absolute atomic E-state index is 10.7. The van der Waals surface area contributed by atoms with E-state index in [1.54, 1.807) is 12.4 Å². The molecule has 0 rings (SSSR count). The summed E-state index contributed by atoms with van der Waals surface area (Å²) in [5, 5.41) is 16.9. The number of aliphatic hydroxyl groups is 1. The molecule has 0 saturated carbocycles. The Bertz CT molecular complexity index is 127. The third-order valence-corrected chi connectivity index (χ3v) is 1.63. The fourth-order valence-electron chi connectivity index (χ4n) is 0.895. The average Bonchev–Trinajstić information content (AvgIpc) is 2.02. The molecule has 0 aromatic carbocycles. The summed E-state index contributed by atoms with van der Waals surface area (Å²) in [4.78, 5) is 10.7. The molecule has 0 fully saturated rings. The van der Waals surface area contributed by atoms with Crippen LogP contribution in [0.4, 0.5) is 0 Å². The molecule has 0 aliphatic rings. The number of hydrogen-bond donors (Lipinski definition) is 3. The van der Waals surface area contributed by atoms with Gasteiger partial charge in [-0.05, 0) is 12.3 Å². The molecule has 0 aliphatic heterocycles.